The monoisotopic (exact) mass is 455 g/mol. The fourth-order valence-corrected chi connectivity index (χ4v) is 4.44. The van der Waals surface area contributed by atoms with Crippen LogP contribution in [0.2, 0.25) is 5.02 Å². The first-order valence-corrected chi connectivity index (χ1v) is 11.3. The van der Waals surface area contributed by atoms with Crippen molar-refractivity contribution in [2.24, 2.45) is 5.10 Å². The van der Waals surface area contributed by atoms with Crippen LogP contribution in [0.15, 0.2) is 88.9 Å². The van der Waals surface area contributed by atoms with Gasteiger partial charge in [-0.05, 0) is 49.7 Å². The Kier molecular flexibility index (Phi) is 7.09. The number of nitrogens with zero attached hydrogens (tertiary/aromatic N) is 2. The number of nitrogens with one attached hydrogen (secondary N) is 1. The molecule has 0 bridgehead atoms. The first-order valence-electron chi connectivity index (χ1n) is 9.51. The number of rotatable bonds is 7. The highest BCUT2D eigenvalue weighted by Gasteiger charge is 2.27. The maximum absolute atomic E-state index is 13.3. The second-order valence-electron chi connectivity index (χ2n) is 6.90. The van der Waals surface area contributed by atoms with Crippen molar-refractivity contribution in [2.45, 2.75) is 18.7 Å². The molecule has 3 aromatic carbocycles. The lowest BCUT2D eigenvalue weighted by Crippen LogP contribution is -2.39. The number of aryl methyl sites for hydroxylation is 1. The lowest BCUT2D eigenvalue weighted by Gasteiger charge is -2.24. The van der Waals surface area contributed by atoms with Crippen LogP contribution >= 0.6 is 11.6 Å². The van der Waals surface area contributed by atoms with Gasteiger partial charge >= 0.3 is 0 Å². The summed E-state index contributed by atoms with van der Waals surface area (Å²) in [7, 11) is -4.01. The van der Waals surface area contributed by atoms with Crippen molar-refractivity contribution < 1.29 is 13.2 Å². The Morgan fingerprint density at radius 2 is 1.68 bits per heavy atom. The summed E-state index contributed by atoms with van der Waals surface area (Å²) in [6.07, 6.45) is 0. The van der Waals surface area contributed by atoms with Gasteiger partial charge in [0.1, 0.15) is 6.54 Å². The molecule has 3 aromatic rings. The zero-order valence-corrected chi connectivity index (χ0v) is 18.7. The molecule has 6 nitrogen and oxygen atoms in total. The maximum atomic E-state index is 13.3. The van der Waals surface area contributed by atoms with E-state index in [4.69, 9.17) is 11.6 Å². The van der Waals surface area contributed by atoms with E-state index in [1.54, 1.807) is 37.3 Å². The second kappa shape index (κ2) is 9.76. The Labute approximate surface area is 187 Å². The minimum absolute atomic E-state index is 0.0786. The van der Waals surface area contributed by atoms with Gasteiger partial charge in [-0.15, -0.1) is 0 Å². The SMILES string of the molecule is C/C(=N/NC(=O)CN(c1cccc(Cl)c1)S(=O)(=O)c1ccc(C)cc1)c1ccccc1. The molecule has 0 saturated heterocycles. The van der Waals surface area contributed by atoms with Gasteiger partial charge < -0.3 is 0 Å². The number of amides is 1. The molecule has 0 unspecified atom stereocenters. The van der Waals surface area contributed by atoms with Crippen LogP contribution in [0.1, 0.15) is 18.1 Å². The number of benzene rings is 3. The molecule has 0 radical (unpaired) electrons. The van der Waals surface area contributed by atoms with E-state index in [2.05, 4.69) is 10.5 Å². The van der Waals surface area contributed by atoms with E-state index in [0.29, 0.717) is 10.7 Å². The Morgan fingerprint density at radius 1 is 1.00 bits per heavy atom. The first kappa shape index (κ1) is 22.5. The lowest BCUT2D eigenvalue weighted by molar-refractivity contribution is -0.119. The molecule has 3 rings (SSSR count). The zero-order valence-electron chi connectivity index (χ0n) is 17.1. The van der Waals surface area contributed by atoms with E-state index in [-0.39, 0.29) is 10.6 Å². The van der Waals surface area contributed by atoms with E-state index in [1.165, 1.54) is 18.2 Å². The van der Waals surface area contributed by atoms with Crippen molar-refractivity contribution in [1.29, 1.82) is 0 Å². The average Bonchev–Trinajstić information content (AvgIpc) is 2.76. The van der Waals surface area contributed by atoms with Crippen LogP contribution in [0.3, 0.4) is 0 Å². The van der Waals surface area contributed by atoms with Crippen molar-refractivity contribution in [3.05, 3.63) is 95.0 Å². The lowest BCUT2D eigenvalue weighted by atomic mass is 10.1. The topological polar surface area (TPSA) is 78.8 Å². The number of hydrogen-bond donors (Lipinski definition) is 1. The van der Waals surface area contributed by atoms with Crippen LogP contribution in [0.4, 0.5) is 5.69 Å². The summed E-state index contributed by atoms with van der Waals surface area (Å²) in [5.41, 5.74) is 5.10. The number of hydrogen-bond acceptors (Lipinski definition) is 4. The Bertz CT molecular complexity index is 1190. The van der Waals surface area contributed by atoms with Crippen LogP contribution in [0, 0.1) is 6.92 Å². The van der Waals surface area contributed by atoms with Crippen molar-refractivity contribution >= 4 is 38.9 Å². The summed E-state index contributed by atoms with van der Waals surface area (Å²) < 4.78 is 27.7. The predicted molar refractivity (Wildman–Crippen MR) is 124 cm³/mol. The molecule has 0 aliphatic rings. The number of hydrazone groups is 1. The third-order valence-electron chi connectivity index (χ3n) is 4.53. The normalized spacial score (nSPS) is 11.8. The highest BCUT2D eigenvalue weighted by molar-refractivity contribution is 7.92. The van der Waals surface area contributed by atoms with E-state index >= 15 is 0 Å². The number of sulfonamides is 1. The number of carbonyl (C=O) groups excluding carboxylic acids is 1. The molecule has 0 aliphatic carbocycles. The molecule has 0 aromatic heterocycles. The van der Waals surface area contributed by atoms with Crippen LogP contribution in [-0.4, -0.2) is 26.6 Å². The summed E-state index contributed by atoms with van der Waals surface area (Å²) >= 11 is 6.07. The van der Waals surface area contributed by atoms with Gasteiger partial charge in [0.15, 0.2) is 0 Å². The first-order chi connectivity index (χ1) is 14.8. The summed E-state index contributed by atoms with van der Waals surface area (Å²) in [6.45, 7) is 3.17. The summed E-state index contributed by atoms with van der Waals surface area (Å²) in [5.74, 6) is -0.578. The molecule has 160 valence electrons. The molecule has 1 N–H and O–H groups in total. The smallest absolute Gasteiger partial charge is 0.264 e. The van der Waals surface area contributed by atoms with Crippen LogP contribution in [0.5, 0.6) is 0 Å². The van der Waals surface area contributed by atoms with Crippen molar-refractivity contribution in [1.82, 2.24) is 5.43 Å². The standard InChI is InChI=1S/C23H22ClN3O3S/c1-17-11-13-22(14-12-17)31(29,30)27(21-10-6-9-20(24)15-21)16-23(28)26-25-18(2)19-7-4-3-5-8-19/h3-15H,16H2,1-2H3,(H,26,28)/b25-18-. The minimum atomic E-state index is -4.01. The molecule has 31 heavy (non-hydrogen) atoms. The zero-order chi connectivity index (χ0) is 22.4. The summed E-state index contributed by atoms with van der Waals surface area (Å²) in [5, 5.41) is 4.46. The van der Waals surface area contributed by atoms with Gasteiger partial charge in [0.2, 0.25) is 0 Å². The van der Waals surface area contributed by atoms with Gasteiger partial charge in [0.25, 0.3) is 15.9 Å². The molecule has 8 heteroatoms. The fraction of sp³-hybridized carbons (Fsp3) is 0.130. The van der Waals surface area contributed by atoms with Gasteiger partial charge in [-0.2, -0.15) is 5.10 Å². The summed E-state index contributed by atoms with van der Waals surface area (Å²) in [4.78, 5) is 12.7. The number of carbonyl (C=O) groups is 1. The van der Waals surface area contributed by atoms with E-state index in [0.717, 1.165) is 15.4 Å². The van der Waals surface area contributed by atoms with Gasteiger partial charge in [0.05, 0.1) is 16.3 Å². The average molecular weight is 456 g/mol. The third-order valence-corrected chi connectivity index (χ3v) is 6.56. The number of anilines is 1. The Hall–Kier alpha value is -3.16. The van der Waals surface area contributed by atoms with Gasteiger partial charge in [0, 0.05) is 5.02 Å². The van der Waals surface area contributed by atoms with Crippen molar-refractivity contribution in [3.63, 3.8) is 0 Å². The molecular formula is C23H22ClN3O3S. The van der Waals surface area contributed by atoms with Crippen molar-refractivity contribution in [2.75, 3.05) is 10.8 Å². The van der Waals surface area contributed by atoms with Gasteiger partial charge in [-0.3, -0.25) is 9.10 Å². The van der Waals surface area contributed by atoms with E-state index in [1.807, 2.05) is 37.3 Å². The third kappa shape index (κ3) is 5.71. The minimum Gasteiger partial charge on any atom is -0.271 e. The molecule has 0 heterocycles. The fourth-order valence-electron chi connectivity index (χ4n) is 2.84. The van der Waals surface area contributed by atoms with Crippen molar-refractivity contribution in [3.8, 4) is 0 Å². The highest BCUT2D eigenvalue weighted by Crippen LogP contribution is 2.26. The largest absolute Gasteiger partial charge is 0.271 e. The van der Waals surface area contributed by atoms with Gasteiger partial charge in [-0.25, -0.2) is 13.8 Å². The molecule has 0 saturated carbocycles. The molecular weight excluding hydrogens is 434 g/mol. The molecule has 0 aliphatic heterocycles. The predicted octanol–water partition coefficient (Wildman–Crippen LogP) is 4.38. The molecule has 0 fully saturated rings. The van der Waals surface area contributed by atoms with Gasteiger partial charge in [-0.1, -0.05) is 65.7 Å². The van der Waals surface area contributed by atoms with Crippen LogP contribution in [-0.2, 0) is 14.8 Å². The number of halogens is 1. The molecule has 1 amide bonds. The maximum Gasteiger partial charge on any atom is 0.264 e. The second-order valence-corrected chi connectivity index (χ2v) is 9.20. The van der Waals surface area contributed by atoms with Crippen LogP contribution < -0.4 is 9.73 Å². The summed E-state index contributed by atoms with van der Waals surface area (Å²) in [6, 6.07) is 22.1. The van der Waals surface area contributed by atoms with Crippen LogP contribution in [0.25, 0.3) is 0 Å². The highest BCUT2D eigenvalue weighted by atomic mass is 35.5. The van der Waals surface area contributed by atoms with E-state index < -0.39 is 22.5 Å². The quantitative estimate of drug-likeness (QED) is 0.424. The Balaban J connectivity index is 1.88. The molecule has 0 atom stereocenters. The molecule has 0 spiro atoms. The van der Waals surface area contributed by atoms with E-state index in [9.17, 15) is 13.2 Å². The Morgan fingerprint density at radius 3 is 2.32 bits per heavy atom.